The number of carbonyl (C=O) groups excluding carboxylic acids is 1. The van der Waals surface area contributed by atoms with E-state index < -0.39 is 0 Å². The lowest BCUT2D eigenvalue weighted by molar-refractivity contribution is -0.110. The molecule has 0 radical (unpaired) electrons. The summed E-state index contributed by atoms with van der Waals surface area (Å²) in [4.78, 5) is 20.2. The number of hydrogen-bond donors (Lipinski definition) is 2. The van der Waals surface area contributed by atoms with Crippen LogP contribution in [0.5, 0.6) is 0 Å². The van der Waals surface area contributed by atoms with Crippen LogP contribution < -0.4 is 10.9 Å². The van der Waals surface area contributed by atoms with E-state index in [1.807, 2.05) is 17.9 Å². The van der Waals surface area contributed by atoms with Crippen LogP contribution in [0.4, 0.5) is 0 Å². The Morgan fingerprint density at radius 3 is 2.67 bits per heavy atom. The van der Waals surface area contributed by atoms with Crippen molar-refractivity contribution >= 4 is 17.3 Å². The average molecular weight is 614 g/mol. The van der Waals surface area contributed by atoms with Crippen molar-refractivity contribution in [2.75, 3.05) is 13.2 Å². The van der Waals surface area contributed by atoms with E-state index in [0.717, 1.165) is 80.9 Å². The zero-order valence-electron chi connectivity index (χ0n) is 28.0. The van der Waals surface area contributed by atoms with Gasteiger partial charge >= 0.3 is 0 Å². The van der Waals surface area contributed by atoms with Crippen molar-refractivity contribution < 1.29 is 9.53 Å². The van der Waals surface area contributed by atoms with E-state index in [4.69, 9.17) is 19.8 Å². The smallest absolute Gasteiger partial charge is 0.221 e. The lowest BCUT2D eigenvalue weighted by atomic mass is 9.84. The maximum absolute atomic E-state index is 10.3. The molecule has 0 saturated heterocycles. The van der Waals surface area contributed by atoms with E-state index in [-0.39, 0.29) is 5.41 Å². The van der Waals surface area contributed by atoms with Gasteiger partial charge in [0.1, 0.15) is 0 Å². The molecular formula is C36H51N7O2. The maximum Gasteiger partial charge on any atom is 0.221 e. The molecule has 0 bridgehead atoms. The van der Waals surface area contributed by atoms with Gasteiger partial charge in [0, 0.05) is 60.2 Å². The molecule has 45 heavy (non-hydrogen) atoms. The number of hydrogen-bond acceptors (Lipinski definition) is 6. The number of aryl methyl sites for hydroxylation is 3. The maximum atomic E-state index is 10.3. The van der Waals surface area contributed by atoms with Crippen LogP contribution in [0, 0.1) is 5.41 Å². The molecule has 9 nitrogen and oxygen atoms in total. The van der Waals surface area contributed by atoms with Gasteiger partial charge in [0.2, 0.25) is 6.41 Å². The number of pyridine rings is 1. The van der Waals surface area contributed by atoms with Gasteiger partial charge in [-0.1, -0.05) is 47.1 Å². The SMILES string of the molecule is C=COCC(C)(C)Cc1c(-c2cccnc2C(C)CC)n(CC)c2ccc(-c3nc(CCCCCCNNC=O)nn3C)cc12. The molecule has 9 heteroatoms. The van der Waals surface area contributed by atoms with Crippen molar-refractivity contribution in [3.63, 3.8) is 0 Å². The molecule has 0 aliphatic carbocycles. The van der Waals surface area contributed by atoms with Crippen LogP contribution in [0.15, 0.2) is 49.4 Å². The Kier molecular flexibility index (Phi) is 11.9. The molecule has 4 rings (SSSR count). The zero-order valence-corrected chi connectivity index (χ0v) is 28.0. The van der Waals surface area contributed by atoms with Crippen molar-refractivity contribution in [3.8, 4) is 22.6 Å². The number of carbonyl (C=O) groups is 1. The fourth-order valence-electron chi connectivity index (χ4n) is 6.16. The minimum atomic E-state index is -0.121. The lowest BCUT2D eigenvalue weighted by Gasteiger charge is -2.25. The third-order valence-electron chi connectivity index (χ3n) is 8.58. The summed E-state index contributed by atoms with van der Waals surface area (Å²) in [5.41, 5.74) is 12.4. The van der Waals surface area contributed by atoms with E-state index >= 15 is 0 Å². The number of hydrazine groups is 1. The third-order valence-corrected chi connectivity index (χ3v) is 8.58. The van der Waals surface area contributed by atoms with Crippen LogP contribution in [-0.4, -0.2) is 43.9 Å². The van der Waals surface area contributed by atoms with Gasteiger partial charge in [0.25, 0.3) is 0 Å². The minimum absolute atomic E-state index is 0.121. The molecule has 242 valence electrons. The average Bonchev–Trinajstić information content (AvgIpc) is 3.56. The van der Waals surface area contributed by atoms with Gasteiger partial charge in [0.15, 0.2) is 11.6 Å². The Bertz CT molecular complexity index is 1570. The van der Waals surface area contributed by atoms with Crippen LogP contribution in [-0.2, 0) is 36.0 Å². The summed E-state index contributed by atoms with van der Waals surface area (Å²) in [5.74, 6) is 2.10. The van der Waals surface area contributed by atoms with E-state index in [1.165, 1.54) is 34.0 Å². The first-order chi connectivity index (χ1) is 21.7. The summed E-state index contributed by atoms with van der Waals surface area (Å²) in [6, 6.07) is 11.0. The van der Waals surface area contributed by atoms with Crippen LogP contribution in [0.2, 0.25) is 0 Å². The third kappa shape index (κ3) is 8.19. The van der Waals surface area contributed by atoms with Crippen LogP contribution >= 0.6 is 0 Å². The van der Waals surface area contributed by atoms with Crippen LogP contribution in [0.1, 0.15) is 89.7 Å². The van der Waals surface area contributed by atoms with E-state index in [0.29, 0.717) is 18.9 Å². The number of rotatable bonds is 19. The molecule has 1 aromatic carbocycles. The van der Waals surface area contributed by atoms with Gasteiger partial charge < -0.3 is 9.30 Å². The van der Waals surface area contributed by atoms with Crippen LogP contribution in [0.3, 0.4) is 0 Å². The standard InChI is InChI=1S/C36H51N7O2/c1-8-26(4)33-28(16-15-20-37-33)34-30(23-36(5,6)24-45-10-3)29-22-27(18-19-31(29)43(34)9-2)35-40-32(41-42(35)7)17-13-11-12-14-21-38-39-25-44/h10,15-16,18-20,22,25-26,38H,3,8-9,11-14,17,21,23-24H2,1-2,4-7H3,(H,39,44). The Morgan fingerprint density at radius 2 is 1.93 bits per heavy atom. The molecule has 1 atom stereocenters. The number of amides is 1. The molecule has 0 fully saturated rings. The van der Waals surface area contributed by atoms with Crippen molar-refractivity contribution in [1.29, 1.82) is 0 Å². The molecule has 4 aromatic rings. The molecule has 3 aromatic heterocycles. The van der Waals surface area contributed by atoms with Crippen molar-refractivity contribution in [2.24, 2.45) is 12.5 Å². The van der Waals surface area contributed by atoms with E-state index in [9.17, 15) is 4.79 Å². The molecule has 1 unspecified atom stereocenters. The number of benzene rings is 1. The highest BCUT2D eigenvalue weighted by Gasteiger charge is 2.28. The number of aromatic nitrogens is 5. The highest BCUT2D eigenvalue weighted by atomic mass is 16.5. The topological polar surface area (TPSA) is 98.9 Å². The summed E-state index contributed by atoms with van der Waals surface area (Å²) in [5, 5.41) is 6.01. The summed E-state index contributed by atoms with van der Waals surface area (Å²) in [7, 11) is 1.98. The number of nitrogens with one attached hydrogen (secondary N) is 2. The van der Waals surface area contributed by atoms with Gasteiger partial charge in [-0.3, -0.25) is 15.2 Å². The van der Waals surface area contributed by atoms with E-state index in [1.54, 1.807) is 0 Å². The predicted molar refractivity (Wildman–Crippen MR) is 183 cm³/mol. The molecule has 0 aliphatic rings. The summed E-state index contributed by atoms with van der Waals surface area (Å²) in [6.07, 6.45) is 11.0. The first kappa shape index (κ1) is 33.9. The zero-order chi connectivity index (χ0) is 32.4. The predicted octanol–water partition coefficient (Wildman–Crippen LogP) is 7.11. The van der Waals surface area contributed by atoms with Gasteiger partial charge in [-0.25, -0.2) is 15.1 Å². The number of unbranched alkanes of at least 4 members (excludes halogenated alkanes) is 3. The summed E-state index contributed by atoms with van der Waals surface area (Å²) < 4.78 is 10.1. The van der Waals surface area contributed by atoms with Gasteiger partial charge in [-0.15, -0.1) is 0 Å². The fourth-order valence-corrected chi connectivity index (χ4v) is 6.16. The molecule has 2 N–H and O–H groups in total. The largest absolute Gasteiger partial charge is 0.501 e. The van der Waals surface area contributed by atoms with Crippen molar-refractivity contribution in [2.45, 2.75) is 92.0 Å². The number of nitrogens with zero attached hydrogens (tertiary/aromatic N) is 5. The first-order valence-corrected chi connectivity index (χ1v) is 16.4. The second-order valence-corrected chi connectivity index (χ2v) is 12.7. The quantitative estimate of drug-likeness (QED) is 0.0506. The molecular weight excluding hydrogens is 562 g/mol. The molecule has 0 saturated carbocycles. The minimum Gasteiger partial charge on any atom is -0.501 e. The molecule has 3 heterocycles. The number of fused-ring (bicyclic) bond motifs is 1. The molecule has 1 amide bonds. The van der Waals surface area contributed by atoms with Gasteiger partial charge in [0.05, 0.1) is 24.3 Å². The second-order valence-electron chi connectivity index (χ2n) is 12.7. The Balaban J connectivity index is 1.73. The summed E-state index contributed by atoms with van der Waals surface area (Å²) in [6.45, 7) is 17.2. The normalized spacial score (nSPS) is 12.4. The lowest BCUT2D eigenvalue weighted by Crippen LogP contribution is -2.30. The Morgan fingerprint density at radius 1 is 1.13 bits per heavy atom. The number of ether oxygens (including phenoxy) is 1. The Labute approximate surface area is 268 Å². The van der Waals surface area contributed by atoms with Gasteiger partial charge in [-0.05, 0) is 74.4 Å². The summed E-state index contributed by atoms with van der Waals surface area (Å²) >= 11 is 0. The van der Waals surface area contributed by atoms with Gasteiger partial charge in [-0.2, -0.15) is 5.10 Å². The monoisotopic (exact) mass is 613 g/mol. The van der Waals surface area contributed by atoms with E-state index in [2.05, 4.69) is 86.9 Å². The first-order valence-electron chi connectivity index (χ1n) is 16.4. The highest BCUT2D eigenvalue weighted by molar-refractivity contribution is 5.95. The van der Waals surface area contributed by atoms with Crippen molar-refractivity contribution in [3.05, 3.63) is 66.5 Å². The second kappa shape index (κ2) is 15.8. The molecule has 0 aliphatic heterocycles. The highest BCUT2D eigenvalue weighted by Crippen LogP contribution is 2.41. The molecule has 0 spiro atoms. The fraction of sp³-hybridized carbons (Fsp3) is 0.500. The van der Waals surface area contributed by atoms with Crippen LogP contribution in [0.25, 0.3) is 33.5 Å². The Hall–Kier alpha value is -3.98. The van der Waals surface area contributed by atoms with Crippen molar-refractivity contribution in [1.82, 2.24) is 35.2 Å².